The molecule has 0 spiro atoms. The van der Waals surface area contributed by atoms with Crippen molar-refractivity contribution in [3.63, 3.8) is 0 Å². The number of halogens is 3. The second-order valence-corrected chi connectivity index (χ2v) is 6.85. The highest BCUT2D eigenvalue weighted by atomic mass is 32.2. The fourth-order valence-electron chi connectivity index (χ4n) is 2.41. The van der Waals surface area contributed by atoms with Crippen LogP contribution < -0.4 is 14.8 Å². The predicted octanol–water partition coefficient (Wildman–Crippen LogP) is 3.85. The van der Waals surface area contributed by atoms with E-state index in [9.17, 15) is 18.0 Å². The first-order valence-electron chi connectivity index (χ1n) is 8.36. The molecule has 29 heavy (non-hydrogen) atoms. The lowest BCUT2D eigenvalue weighted by molar-refractivity contribution is -0.137. The van der Waals surface area contributed by atoms with Crippen LogP contribution in [0, 0.1) is 0 Å². The van der Waals surface area contributed by atoms with Gasteiger partial charge in [0.1, 0.15) is 6.61 Å². The van der Waals surface area contributed by atoms with Crippen LogP contribution in [0.3, 0.4) is 0 Å². The number of ether oxygens (including phenoxy) is 2. The standard InChI is InChI=1S/C19H16F3N3O3S/c1-27-15-6-5-12(9-23-25-18-24-17(26)11-29-18)8-16(15)28-10-13-3-2-4-14(7-13)19(20,21)22/h2-9H,10-11H2,1H3,(H,24,25,26). The molecule has 0 aliphatic carbocycles. The van der Waals surface area contributed by atoms with Crippen LogP contribution in [-0.2, 0) is 17.6 Å². The third-order valence-corrected chi connectivity index (χ3v) is 4.64. The summed E-state index contributed by atoms with van der Waals surface area (Å²) in [6.45, 7) is -0.0636. The largest absolute Gasteiger partial charge is 0.493 e. The molecule has 1 N–H and O–H groups in total. The molecule has 1 heterocycles. The Morgan fingerprint density at radius 2 is 2.03 bits per heavy atom. The van der Waals surface area contributed by atoms with Gasteiger partial charge in [0.05, 0.1) is 24.6 Å². The van der Waals surface area contributed by atoms with Crippen LogP contribution in [0.5, 0.6) is 11.5 Å². The summed E-state index contributed by atoms with van der Waals surface area (Å²) >= 11 is 1.25. The van der Waals surface area contributed by atoms with Gasteiger partial charge in [-0.05, 0) is 41.5 Å². The Bertz CT molecular complexity index is 961. The molecule has 1 aliphatic heterocycles. The predicted molar refractivity (Wildman–Crippen MR) is 104 cm³/mol. The number of amides is 1. The second kappa shape index (κ2) is 8.99. The summed E-state index contributed by atoms with van der Waals surface area (Å²) in [5, 5.41) is 10.8. The molecule has 1 saturated heterocycles. The number of carbonyl (C=O) groups excluding carboxylic acids is 1. The summed E-state index contributed by atoms with van der Waals surface area (Å²) in [5.74, 6) is 0.965. The molecule has 1 fully saturated rings. The number of alkyl halides is 3. The molecule has 152 valence electrons. The number of hydrogen-bond acceptors (Lipinski definition) is 6. The fraction of sp³-hybridized carbons (Fsp3) is 0.211. The van der Waals surface area contributed by atoms with E-state index in [2.05, 4.69) is 15.5 Å². The van der Waals surface area contributed by atoms with Crippen LogP contribution in [0.25, 0.3) is 0 Å². The lowest BCUT2D eigenvalue weighted by atomic mass is 10.1. The van der Waals surface area contributed by atoms with Gasteiger partial charge in [-0.1, -0.05) is 23.9 Å². The molecule has 0 bridgehead atoms. The molecular formula is C19H16F3N3O3S. The summed E-state index contributed by atoms with van der Waals surface area (Å²) in [6, 6.07) is 9.95. The van der Waals surface area contributed by atoms with E-state index < -0.39 is 11.7 Å². The van der Waals surface area contributed by atoms with Crippen molar-refractivity contribution in [1.29, 1.82) is 0 Å². The topological polar surface area (TPSA) is 72.3 Å². The van der Waals surface area contributed by atoms with Crippen molar-refractivity contribution >= 4 is 29.1 Å². The van der Waals surface area contributed by atoms with Crippen molar-refractivity contribution in [3.8, 4) is 11.5 Å². The molecule has 10 heteroatoms. The highest BCUT2D eigenvalue weighted by molar-refractivity contribution is 8.15. The first-order chi connectivity index (χ1) is 13.8. The number of rotatable bonds is 6. The molecule has 0 atom stereocenters. The Labute approximate surface area is 168 Å². The second-order valence-electron chi connectivity index (χ2n) is 5.88. The number of nitrogens with one attached hydrogen (secondary N) is 1. The van der Waals surface area contributed by atoms with Gasteiger partial charge in [0.2, 0.25) is 5.91 Å². The monoisotopic (exact) mass is 423 g/mol. The van der Waals surface area contributed by atoms with Crippen molar-refractivity contribution in [2.45, 2.75) is 12.8 Å². The van der Waals surface area contributed by atoms with Crippen molar-refractivity contribution in [1.82, 2.24) is 5.32 Å². The zero-order valence-electron chi connectivity index (χ0n) is 15.2. The first kappa shape index (κ1) is 20.7. The van der Waals surface area contributed by atoms with Gasteiger partial charge in [-0.15, -0.1) is 5.10 Å². The molecule has 2 aromatic rings. The molecule has 0 aromatic heterocycles. The van der Waals surface area contributed by atoms with Gasteiger partial charge < -0.3 is 14.8 Å². The van der Waals surface area contributed by atoms with E-state index in [4.69, 9.17) is 9.47 Å². The molecular weight excluding hydrogens is 407 g/mol. The van der Waals surface area contributed by atoms with E-state index in [-0.39, 0.29) is 12.5 Å². The SMILES string of the molecule is COc1ccc(C=NN=C2NC(=O)CS2)cc1OCc1cccc(C(F)(F)F)c1. The Morgan fingerprint density at radius 3 is 2.72 bits per heavy atom. The minimum Gasteiger partial charge on any atom is -0.493 e. The van der Waals surface area contributed by atoms with Crippen LogP contribution in [0.2, 0.25) is 0 Å². The van der Waals surface area contributed by atoms with Crippen LogP contribution in [0.4, 0.5) is 13.2 Å². The summed E-state index contributed by atoms with van der Waals surface area (Å²) in [5.41, 5.74) is 0.285. The maximum Gasteiger partial charge on any atom is 0.416 e. The van der Waals surface area contributed by atoms with E-state index in [1.807, 2.05) is 0 Å². The number of amidine groups is 1. The molecule has 0 radical (unpaired) electrons. The number of carbonyl (C=O) groups is 1. The quantitative estimate of drug-likeness (QED) is 0.566. The number of benzene rings is 2. The molecule has 0 saturated carbocycles. The van der Waals surface area contributed by atoms with Gasteiger partial charge in [0, 0.05) is 0 Å². The summed E-state index contributed by atoms with van der Waals surface area (Å²) in [4.78, 5) is 11.1. The minimum atomic E-state index is -4.41. The number of hydrogen-bond donors (Lipinski definition) is 1. The fourth-order valence-corrected chi connectivity index (χ4v) is 3.04. The third kappa shape index (κ3) is 5.74. The normalized spacial score (nSPS) is 15.7. The Hall–Kier alpha value is -3.01. The zero-order chi connectivity index (χ0) is 20.9. The molecule has 3 rings (SSSR count). The van der Waals surface area contributed by atoms with Gasteiger partial charge in [-0.3, -0.25) is 4.79 Å². The molecule has 1 amide bonds. The van der Waals surface area contributed by atoms with Crippen molar-refractivity contribution in [2.75, 3.05) is 12.9 Å². The Balaban J connectivity index is 1.72. The van der Waals surface area contributed by atoms with Gasteiger partial charge in [-0.2, -0.15) is 18.3 Å². The third-order valence-electron chi connectivity index (χ3n) is 3.78. The lowest BCUT2D eigenvalue weighted by Crippen LogP contribution is -2.19. The summed E-state index contributed by atoms with van der Waals surface area (Å²) in [7, 11) is 1.46. The minimum absolute atomic E-state index is 0.0636. The molecule has 2 aromatic carbocycles. The first-order valence-corrected chi connectivity index (χ1v) is 9.34. The van der Waals surface area contributed by atoms with Gasteiger partial charge in [-0.25, -0.2) is 0 Å². The van der Waals surface area contributed by atoms with Crippen LogP contribution in [0.1, 0.15) is 16.7 Å². The van der Waals surface area contributed by atoms with E-state index in [1.165, 1.54) is 31.2 Å². The van der Waals surface area contributed by atoms with Crippen LogP contribution >= 0.6 is 11.8 Å². The van der Waals surface area contributed by atoms with Crippen molar-refractivity contribution < 1.29 is 27.4 Å². The highest BCUT2D eigenvalue weighted by Crippen LogP contribution is 2.31. The Morgan fingerprint density at radius 1 is 1.21 bits per heavy atom. The average molecular weight is 423 g/mol. The number of nitrogens with zero attached hydrogens (tertiary/aromatic N) is 2. The van der Waals surface area contributed by atoms with Gasteiger partial charge in [0.15, 0.2) is 16.7 Å². The maximum atomic E-state index is 12.8. The number of thioether (sulfide) groups is 1. The van der Waals surface area contributed by atoms with E-state index in [0.29, 0.717) is 33.5 Å². The number of methoxy groups -OCH3 is 1. The van der Waals surface area contributed by atoms with E-state index >= 15 is 0 Å². The zero-order valence-corrected chi connectivity index (χ0v) is 16.0. The summed E-state index contributed by atoms with van der Waals surface area (Å²) in [6.07, 6.45) is -2.95. The smallest absolute Gasteiger partial charge is 0.416 e. The maximum absolute atomic E-state index is 12.8. The highest BCUT2D eigenvalue weighted by Gasteiger charge is 2.30. The van der Waals surface area contributed by atoms with Crippen LogP contribution in [0.15, 0.2) is 52.7 Å². The van der Waals surface area contributed by atoms with Crippen molar-refractivity contribution in [3.05, 3.63) is 59.2 Å². The summed E-state index contributed by atoms with van der Waals surface area (Å²) < 4.78 is 49.4. The molecule has 6 nitrogen and oxygen atoms in total. The molecule has 1 aliphatic rings. The average Bonchev–Trinajstić information content (AvgIpc) is 3.11. The van der Waals surface area contributed by atoms with E-state index in [0.717, 1.165) is 12.1 Å². The van der Waals surface area contributed by atoms with E-state index in [1.54, 1.807) is 24.3 Å². The lowest BCUT2D eigenvalue weighted by Gasteiger charge is -2.12. The van der Waals surface area contributed by atoms with Crippen LogP contribution in [-0.4, -0.2) is 30.2 Å². The Kier molecular flexibility index (Phi) is 6.42. The molecule has 0 unspecified atom stereocenters. The van der Waals surface area contributed by atoms with Gasteiger partial charge >= 0.3 is 6.18 Å². The van der Waals surface area contributed by atoms with Crippen molar-refractivity contribution in [2.24, 2.45) is 10.2 Å². The van der Waals surface area contributed by atoms with Gasteiger partial charge in [0.25, 0.3) is 0 Å².